The second-order valence-corrected chi connectivity index (χ2v) is 8.24. The van der Waals surface area contributed by atoms with Crippen molar-refractivity contribution < 1.29 is 9.80 Å². The van der Waals surface area contributed by atoms with Gasteiger partial charge in [-0.3, -0.25) is 0 Å². The van der Waals surface area contributed by atoms with Gasteiger partial charge in [0, 0.05) is 19.4 Å². The van der Waals surface area contributed by atoms with E-state index in [2.05, 4.69) is 41.7 Å². The molecule has 0 saturated carbocycles. The van der Waals surface area contributed by atoms with Crippen molar-refractivity contribution in [2.24, 2.45) is 0 Å². The van der Waals surface area contributed by atoms with E-state index in [1.165, 1.54) is 35.5 Å². The van der Waals surface area contributed by atoms with Gasteiger partial charge in [-0.2, -0.15) is 9.50 Å². The Balaban J connectivity index is 1.64. The molecule has 3 N–H and O–H groups in total. The summed E-state index contributed by atoms with van der Waals surface area (Å²) in [4.78, 5) is 10.5. The predicted octanol–water partition coefficient (Wildman–Crippen LogP) is -0.968. The van der Waals surface area contributed by atoms with Crippen LogP contribution in [0.2, 0.25) is 0 Å². The van der Waals surface area contributed by atoms with Crippen molar-refractivity contribution in [3.63, 3.8) is 0 Å². The molecule has 0 aliphatic carbocycles. The summed E-state index contributed by atoms with van der Waals surface area (Å²) >= 11 is 1.82. The molecule has 0 spiro atoms. The van der Waals surface area contributed by atoms with Crippen molar-refractivity contribution in [1.29, 1.82) is 0 Å². The Morgan fingerprint density at radius 2 is 2.15 bits per heavy atom. The molecule has 0 amide bonds. The lowest BCUT2D eigenvalue weighted by Gasteiger charge is -2.19. The summed E-state index contributed by atoms with van der Waals surface area (Å²) < 4.78 is 1.79. The van der Waals surface area contributed by atoms with Gasteiger partial charge in [-0.15, -0.1) is 11.3 Å². The normalized spacial score (nSPS) is 17.3. The van der Waals surface area contributed by atoms with Crippen LogP contribution in [-0.4, -0.2) is 64.8 Å². The molecule has 3 aromatic rings. The lowest BCUT2D eigenvalue weighted by molar-refractivity contribution is -0.896. The van der Waals surface area contributed by atoms with Gasteiger partial charge < -0.3 is 15.1 Å². The van der Waals surface area contributed by atoms with Crippen LogP contribution in [0.1, 0.15) is 30.7 Å². The van der Waals surface area contributed by atoms with E-state index < -0.39 is 0 Å². The summed E-state index contributed by atoms with van der Waals surface area (Å²) in [6, 6.07) is 0. The number of likely N-dealkylation sites (N-methyl/N-ethyl adjacent to an activating group) is 1. The first-order valence-corrected chi connectivity index (χ1v) is 10.4. The fourth-order valence-electron chi connectivity index (χ4n) is 3.82. The number of fused-ring (bicyclic) bond motifs is 5. The van der Waals surface area contributed by atoms with Crippen LogP contribution in [0.25, 0.3) is 16.0 Å². The Bertz CT molecular complexity index is 897. The van der Waals surface area contributed by atoms with Gasteiger partial charge in [-0.05, 0) is 29.8 Å². The summed E-state index contributed by atoms with van der Waals surface area (Å²) in [6.45, 7) is 11.2. The topological polar surface area (TPSA) is 76.9 Å². The number of rotatable bonds is 7. The van der Waals surface area contributed by atoms with Gasteiger partial charge in [0.1, 0.15) is 17.2 Å². The van der Waals surface area contributed by atoms with E-state index in [0.717, 1.165) is 43.1 Å². The molecule has 1 atom stereocenters. The van der Waals surface area contributed by atoms with Crippen LogP contribution in [-0.2, 0) is 13.0 Å². The van der Waals surface area contributed by atoms with E-state index in [1.807, 2.05) is 11.3 Å². The molecule has 0 saturated heterocycles. The molecule has 0 fully saturated rings. The van der Waals surface area contributed by atoms with Gasteiger partial charge >= 0.3 is 0 Å². The third-order valence-electron chi connectivity index (χ3n) is 5.43. The van der Waals surface area contributed by atoms with Gasteiger partial charge in [-0.25, -0.2) is 0 Å². The van der Waals surface area contributed by atoms with Crippen LogP contribution in [0.4, 0.5) is 5.82 Å². The van der Waals surface area contributed by atoms with Crippen LogP contribution in [0, 0.1) is 0 Å². The molecule has 0 aromatic carbocycles. The molecule has 1 aliphatic rings. The Morgan fingerprint density at radius 1 is 1.31 bits per heavy atom. The van der Waals surface area contributed by atoms with Gasteiger partial charge in [0.15, 0.2) is 0 Å². The molecule has 4 rings (SSSR count). The zero-order chi connectivity index (χ0) is 18.1. The smallest absolute Gasteiger partial charge is 0.276 e. The summed E-state index contributed by atoms with van der Waals surface area (Å²) in [5.41, 5.74) is 1.44. The molecular weight excluding hydrogens is 348 g/mol. The van der Waals surface area contributed by atoms with Crippen molar-refractivity contribution in [2.75, 3.05) is 45.1 Å². The Labute approximate surface area is 157 Å². The maximum Gasteiger partial charge on any atom is 0.276 e. The molecule has 0 radical (unpaired) electrons. The number of aromatic nitrogens is 5. The molecule has 4 heterocycles. The second kappa shape index (κ2) is 7.42. The molecular formula is C17H28N8S+2. The van der Waals surface area contributed by atoms with Crippen LogP contribution in [0.3, 0.4) is 0 Å². The first-order chi connectivity index (χ1) is 12.7. The number of nitrogens with one attached hydrogen (secondary N) is 3. The predicted molar refractivity (Wildman–Crippen MR) is 103 cm³/mol. The van der Waals surface area contributed by atoms with Crippen molar-refractivity contribution in [3.8, 4) is 0 Å². The fourth-order valence-corrected chi connectivity index (χ4v) is 5.22. The number of hydrogen-bond donors (Lipinski definition) is 3. The highest BCUT2D eigenvalue weighted by molar-refractivity contribution is 7.19. The maximum atomic E-state index is 4.73. The van der Waals surface area contributed by atoms with E-state index in [1.54, 1.807) is 14.3 Å². The summed E-state index contributed by atoms with van der Waals surface area (Å²) in [7, 11) is 2.26. The first-order valence-electron chi connectivity index (χ1n) is 9.62. The van der Waals surface area contributed by atoms with Crippen LogP contribution >= 0.6 is 11.3 Å². The molecule has 9 heteroatoms. The monoisotopic (exact) mass is 376 g/mol. The average molecular weight is 377 g/mol. The summed E-state index contributed by atoms with van der Waals surface area (Å²) in [5.74, 6) is 1.53. The van der Waals surface area contributed by atoms with E-state index in [4.69, 9.17) is 4.98 Å². The van der Waals surface area contributed by atoms with Crippen LogP contribution in [0.15, 0.2) is 0 Å². The highest BCUT2D eigenvalue weighted by Crippen LogP contribution is 2.36. The van der Waals surface area contributed by atoms with Crippen LogP contribution in [0.5, 0.6) is 0 Å². The SMILES string of the molecule is CC[NH+](CC)CCCNc1nc2nnnn2c2sc3c(c12)CC[NH+](C)C3. The molecule has 0 bridgehead atoms. The van der Waals surface area contributed by atoms with Crippen molar-refractivity contribution in [1.82, 2.24) is 25.0 Å². The minimum atomic E-state index is 0.577. The number of hydrogen-bond acceptors (Lipinski definition) is 6. The van der Waals surface area contributed by atoms with Gasteiger partial charge in [-0.1, -0.05) is 5.10 Å². The number of anilines is 1. The minimum Gasteiger partial charge on any atom is -0.369 e. The third-order valence-corrected chi connectivity index (χ3v) is 6.64. The molecule has 3 aromatic heterocycles. The van der Waals surface area contributed by atoms with Crippen LogP contribution < -0.4 is 15.1 Å². The Morgan fingerprint density at radius 3 is 2.96 bits per heavy atom. The minimum absolute atomic E-state index is 0.577. The molecule has 8 nitrogen and oxygen atoms in total. The third kappa shape index (κ3) is 3.15. The lowest BCUT2D eigenvalue weighted by Crippen LogP contribution is -3.11. The molecule has 140 valence electrons. The molecule has 1 aliphatic heterocycles. The number of tetrazole rings is 1. The number of thiophene rings is 1. The van der Waals surface area contributed by atoms with E-state index in [9.17, 15) is 0 Å². The summed E-state index contributed by atoms with van der Waals surface area (Å²) in [6.07, 6.45) is 2.23. The van der Waals surface area contributed by atoms with E-state index >= 15 is 0 Å². The highest BCUT2D eigenvalue weighted by Gasteiger charge is 2.26. The standard InChI is InChI=1S/C17H26N8S/c1-4-24(5-2)9-6-8-18-15-14-12-7-10-23(3)11-13(12)26-16(14)25-17(19-15)20-21-22-25/h4-11H2,1-3H3,(H,18,19,20,22)/p+2. The van der Waals surface area contributed by atoms with Crippen molar-refractivity contribution in [3.05, 3.63) is 10.4 Å². The first kappa shape index (κ1) is 17.6. The van der Waals surface area contributed by atoms with Crippen molar-refractivity contribution >= 4 is 33.1 Å². The number of quaternary nitrogens is 2. The highest BCUT2D eigenvalue weighted by atomic mass is 32.1. The van der Waals surface area contributed by atoms with Crippen molar-refractivity contribution in [2.45, 2.75) is 33.2 Å². The zero-order valence-electron chi connectivity index (χ0n) is 15.8. The Hall–Kier alpha value is -1.84. The lowest BCUT2D eigenvalue weighted by atomic mass is 10.1. The maximum absolute atomic E-state index is 4.73. The molecule has 26 heavy (non-hydrogen) atoms. The largest absolute Gasteiger partial charge is 0.369 e. The second-order valence-electron chi connectivity index (χ2n) is 7.16. The zero-order valence-corrected chi connectivity index (χ0v) is 16.6. The van der Waals surface area contributed by atoms with Gasteiger partial charge in [0.25, 0.3) is 5.78 Å². The molecule has 1 unspecified atom stereocenters. The Kier molecular flexibility index (Phi) is 5.01. The van der Waals surface area contributed by atoms with Gasteiger partial charge in [0.2, 0.25) is 0 Å². The average Bonchev–Trinajstić information content (AvgIpc) is 3.25. The number of nitrogens with zero attached hydrogens (tertiary/aromatic N) is 5. The van der Waals surface area contributed by atoms with Gasteiger partial charge in [0.05, 0.1) is 43.5 Å². The van der Waals surface area contributed by atoms with E-state index in [0.29, 0.717) is 5.78 Å². The quantitative estimate of drug-likeness (QED) is 0.463. The summed E-state index contributed by atoms with van der Waals surface area (Å²) in [5, 5.41) is 16.9. The van der Waals surface area contributed by atoms with E-state index in [-0.39, 0.29) is 0 Å². The fraction of sp³-hybridized carbons (Fsp3) is 0.647.